The Morgan fingerprint density at radius 2 is 0.987 bits per heavy atom. The molecule has 0 spiro atoms. The van der Waals surface area contributed by atoms with Crippen molar-refractivity contribution in [2.45, 2.75) is 65.6 Å². The number of nitrogens with one attached hydrogen (secondary N) is 3. The van der Waals surface area contributed by atoms with E-state index in [0.29, 0.717) is 46.3 Å². The maximum Gasteiger partial charge on any atom is 0.255 e. The molecule has 76 heavy (non-hydrogen) atoms. The van der Waals surface area contributed by atoms with Gasteiger partial charge in [0.15, 0.2) is 0 Å². The molecule has 0 aliphatic heterocycles. The van der Waals surface area contributed by atoms with Crippen molar-refractivity contribution in [1.82, 2.24) is 40.2 Å². The average Bonchev–Trinajstić information content (AvgIpc) is 3.46. The van der Waals surface area contributed by atoms with Crippen LogP contribution in [0.15, 0.2) is 211 Å². The zero-order valence-electron chi connectivity index (χ0n) is 42.4. The Morgan fingerprint density at radius 1 is 0.500 bits per heavy atom. The number of rotatable bonds is 18. The molecule has 3 N–H and O–H groups in total. The molecule has 0 atom stereocenters. The van der Waals surface area contributed by atoms with E-state index >= 15 is 0 Å². The number of ether oxygens (including phenoxy) is 1. The fourth-order valence-corrected chi connectivity index (χ4v) is 9.59. The molecule has 0 saturated heterocycles. The molecule has 17 heteroatoms. The van der Waals surface area contributed by atoms with Crippen molar-refractivity contribution >= 4 is 64.4 Å². The highest BCUT2D eigenvalue weighted by atomic mass is 32.2. The van der Waals surface area contributed by atoms with Crippen molar-refractivity contribution in [3.05, 3.63) is 246 Å². The number of pyridine rings is 1. The van der Waals surface area contributed by atoms with E-state index in [2.05, 4.69) is 77.7 Å². The van der Waals surface area contributed by atoms with Crippen molar-refractivity contribution in [3.8, 4) is 5.75 Å². The van der Waals surface area contributed by atoms with Crippen LogP contribution in [0.2, 0.25) is 0 Å². The van der Waals surface area contributed by atoms with Crippen LogP contribution in [0.25, 0.3) is 0 Å². The number of methoxy groups -OCH3 is 1. The van der Waals surface area contributed by atoms with Gasteiger partial charge in [0.25, 0.3) is 17.7 Å². The highest BCUT2D eigenvalue weighted by molar-refractivity contribution is 7.98. The summed E-state index contributed by atoms with van der Waals surface area (Å²) in [5, 5.41) is 11.4. The van der Waals surface area contributed by atoms with Crippen LogP contribution in [0.3, 0.4) is 0 Å². The van der Waals surface area contributed by atoms with Crippen LogP contribution in [0.1, 0.15) is 84.2 Å². The SMILES string of the molecule is COc1ccccc1NC(=O)c1cccc(CSc2cnccn2)c1.Cc1cc(NC(=O)c2cccc(CSc3cnccn3)c2)ccc1C(C)C.O=C(NCc1ccncc1)c1cccc(CSc2cnccn2)c1. The quantitative estimate of drug-likeness (QED) is 0.0689. The van der Waals surface area contributed by atoms with Crippen LogP contribution >= 0.6 is 35.3 Å². The fourth-order valence-electron chi connectivity index (χ4n) is 7.29. The van der Waals surface area contributed by atoms with Crippen LogP contribution in [-0.2, 0) is 23.8 Å². The van der Waals surface area contributed by atoms with Gasteiger partial charge < -0.3 is 20.7 Å². The topological polar surface area (TPSA) is 187 Å². The Bertz CT molecular complexity index is 3270. The van der Waals surface area contributed by atoms with Crippen LogP contribution in [0.4, 0.5) is 11.4 Å². The highest BCUT2D eigenvalue weighted by Gasteiger charge is 2.13. The summed E-state index contributed by atoms with van der Waals surface area (Å²) in [4.78, 5) is 66.3. The molecule has 4 heterocycles. The molecule has 0 radical (unpaired) electrons. The summed E-state index contributed by atoms with van der Waals surface area (Å²) in [6, 6.07) is 40.0. The number of anilines is 2. The number of aromatic nitrogens is 7. The maximum atomic E-state index is 12.6. The van der Waals surface area contributed by atoms with Gasteiger partial charge in [0.2, 0.25) is 0 Å². The Morgan fingerprint density at radius 3 is 1.45 bits per heavy atom. The van der Waals surface area contributed by atoms with Gasteiger partial charge in [-0.1, -0.05) is 68.4 Å². The van der Waals surface area contributed by atoms with Crippen molar-refractivity contribution in [2.75, 3.05) is 17.7 Å². The third kappa shape index (κ3) is 18.0. The second-order valence-electron chi connectivity index (χ2n) is 17.0. The molecular weight excluding hydrogens is 1010 g/mol. The lowest BCUT2D eigenvalue weighted by molar-refractivity contribution is 0.0949. The molecular formula is C59H56N10O4S3. The lowest BCUT2D eigenvalue weighted by Crippen LogP contribution is -2.22. The van der Waals surface area contributed by atoms with Gasteiger partial charge in [-0.25, -0.2) is 15.0 Å². The van der Waals surface area contributed by atoms with Crippen molar-refractivity contribution in [3.63, 3.8) is 0 Å². The summed E-state index contributed by atoms with van der Waals surface area (Å²) in [6.45, 7) is 6.91. The minimum absolute atomic E-state index is 0.0850. The van der Waals surface area contributed by atoms with E-state index in [1.165, 1.54) is 11.1 Å². The number of para-hydroxylation sites is 2. The molecule has 0 bridgehead atoms. The summed E-state index contributed by atoms with van der Waals surface area (Å²) >= 11 is 4.77. The van der Waals surface area contributed by atoms with Gasteiger partial charge in [0.1, 0.15) is 20.8 Å². The standard InChI is InChI=1S/C22H23N3OS.C19H17N3O2S.C18H16N4OS/c1-15(2)20-8-7-19(11-16(20)3)25-22(26)18-6-4-5-17(12-18)14-27-21-13-23-9-10-24-21;1-24-17-8-3-2-7-16(17)22-19(23)15-6-4-5-14(11-15)13-25-18-12-20-9-10-21-18;23-18(22-11-14-4-6-19-7-5-14)16-3-1-2-15(10-16)13-24-17-12-20-8-9-21-17/h4-13,15H,14H2,1-3H3,(H,25,26);2-12H,13H2,1H3,(H,22,23);1-10,12H,11,13H2,(H,22,23). The minimum Gasteiger partial charge on any atom is -0.495 e. The van der Waals surface area contributed by atoms with Gasteiger partial charge in [-0.05, 0) is 119 Å². The van der Waals surface area contributed by atoms with Gasteiger partial charge in [-0.2, -0.15) is 0 Å². The fraction of sp³-hybridized carbons (Fsp3) is 0.153. The van der Waals surface area contributed by atoms with E-state index in [0.717, 1.165) is 54.5 Å². The van der Waals surface area contributed by atoms with Crippen LogP contribution in [0.5, 0.6) is 5.75 Å². The Kier molecular flexibility index (Phi) is 21.6. The first-order chi connectivity index (χ1) is 37.1. The zero-order valence-corrected chi connectivity index (χ0v) is 44.8. The van der Waals surface area contributed by atoms with E-state index in [1.54, 1.807) is 117 Å². The summed E-state index contributed by atoms with van der Waals surface area (Å²) in [5.41, 5.74) is 10.1. The molecule has 384 valence electrons. The van der Waals surface area contributed by atoms with E-state index < -0.39 is 0 Å². The van der Waals surface area contributed by atoms with Crippen LogP contribution in [0, 0.1) is 6.92 Å². The van der Waals surface area contributed by atoms with Gasteiger partial charge in [0.05, 0.1) is 31.4 Å². The monoisotopic (exact) mass is 1060 g/mol. The van der Waals surface area contributed by atoms with E-state index in [1.807, 2.05) is 115 Å². The normalized spacial score (nSPS) is 10.5. The van der Waals surface area contributed by atoms with E-state index in [-0.39, 0.29) is 17.7 Å². The number of hydrogen-bond donors (Lipinski definition) is 3. The molecule has 3 amide bonds. The lowest BCUT2D eigenvalue weighted by atomic mass is 9.97. The molecule has 5 aromatic carbocycles. The Hall–Kier alpha value is -8.25. The smallest absolute Gasteiger partial charge is 0.255 e. The number of thioether (sulfide) groups is 3. The molecule has 14 nitrogen and oxygen atoms in total. The Labute approximate surface area is 455 Å². The molecule has 0 saturated carbocycles. The molecule has 0 aliphatic carbocycles. The summed E-state index contributed by atoms with van der Waals surface area (Å²) in [6.07, 6.45) is 18.6. The lowest BCUT2D eigenvalue weighted by Gasteiger charge is -2.12. The van der Waals surface area contributed by atoms with E-state index in [9.17, 15) is 14.4 Å². The molecule has 0 aliphatic rings. The van der Waals surface area contributed by atoms with Crippen molar-refractivity contribution in [1.29, 1.82) is 0 Å². The number of aryl methyl sites for hydroxylation is 1. The average molecular weight is 1070 g/mol. The number of nitrogens with zero attached hydrogens (tertiary/aromatic N) is 7. The van der Waals surface area contributed by atoms with Crippen LogP contribution < -0.4 is 20.7 Å². The van der Waals surface area contributed by atoms with Crippen molar-refractivity contribution in [2.24, 2.45) is 0 Å². The number of hydrogen-bond acceptors (Lipinski definition) is 14. The maximum absolute atomic E-state index is 12.6. The molecule has 9 rings (SSSR count). The van der Waals surface area contributed by atoms with Crippen LogP contribution in [-0.4, -0.2) is 59.7 Å². The summed E-state index contributed by atoms with van der Waals surface area (Å²) in [7, 11) is 1.58. The van der Waals surface area contributed by atoms with Gasteiger partial charge in [0, 0.05) is 95.8 Å². The third-order valence-electron chi connectivity index (χ3n) is 11.1. The zero-order chi connectivity index (χ0) is 53.3. The number of benzene rings is 5. The molecule has 9 aromatic rings. The van der Waals surface area contributed by atoms with Gasteiger partial charge in [-0.15, -0.1) is 35.3 Å². The van der Waals surface area contributed by atoms with E-state index in [4.69, 9.17) is 4.74 Å². The minimum atomic E-state index is -0.171. The predicted molar refractivity (Wildman–Crippen MR) is 304 cm³/mol. The largest absolute Gasteiger partial charge is 0.495 e. The predicted octanol–water partition coefficient (Wildman–Crippen LogP) is 12.6. The first-order valence-corrected chi connectivity index (χ1v) is 27.0. The van der Waals surface area contributed by atoms with Gasteiger partial charge in [-0.3, -0.25) is 34.3 Å². The number of carbonyl (C=O) groups excluding carboxylic acids is 3. The third-order valence-corrected chi connectivity index (χ3v) is 14.0. The number of carbonyl (C=O) groups is 3. The molecule has 0 unspecified atom stereocenters. The second kappa shape index (κ2) is 29.6. The molecule has 4 aromatic heterocycles. The van der Waals surface area contributed by atoms with Gasteiger partial charge >= 0.3 is 0 Å². The first kappa shape index (κ1) is 55.5. The number of amides is 3. The molecule has 0 fully saturated rings. The van der Waals surface area contributed by atoms with Crippen molar-refractivity contribution < 1.29 is 19.1 Å². The summed E-state index contributed by atoms with van der Waals surface area (Å²) < 4.78 is 5.26. The Balaban J connectivity index is 0.000000166. The highest BCUT2D eigenvalue weighted by Crippen LogP contribution is 2.27. The second-order valence-corrected chi connectivity index (χ2v) is 20.0. The summed E-state index contributed by atoms with van der Waals surface area (Å²) in [5.74, 6) is 2.94. The first-order valence-electron chi connectivity index (χ1n) is 24.1.